The third-order valence-electron chi connectivity index (χ3n) is 3.76. The number of para-hydroxylation sites is 1. The Morgan fingerprint density at radius 2 is 1.92 bits per heavy atom. The van der Waals surface area contributed by atoms with Gasteiger partial charge in [0.15, 0.2) is 0 Å². The van der Waals surface area contributed by atoms with E-state index < -0.39 is 11.4 Å². The average Bonchev–Trinajstić information content (AvgIpc) is 2.52. The van der Waals surface area contributed by atoms with Gasteiger partial charge < -0.3 is 9.15 Å². The summed E-state index contributed by atoms with van der Waals surface area (Å²) < 4.78 is 12.7. The lowest BCUT2D eigenvalue weighted by atomic mass is 10.2. The average molecular weight is 390 g/mol. The Bertz CT molecular complexity index is 1020. The molecule has 6 heteroatoms. The zero-order valence-corrected chi connectivity index (χ0v) is 14.9. The maximum absolute atomic E-state index is 12.1. The van der Waals surface area contributed by atoms with Crippen LogP contribution in [0.4, 0.5) is 0 Å². The quantitative estimate of drug-likeness (QED) is 0.685. The van der Waals surface area contributed by atoms with Crippen LogP contribution in [0.5, 0.6) is 5.75 Å². The Balaban J connectivity index is 1.96. The molecule has 2 aromatic carbocycles. The van der Waals surface area contributed by atoms with E-state index in [0.717, 1.165) is 16.9 Å². The molecule has 0 unspecified atom stereocenters. The minimum absolute atomic E-state index is 0.273. The van der Waals surface area contributed by atoms with E-state index in [9.17, 15) is 9.59 Å². The first-order chi connectivity index (χ1) is 11.5. The Hall–Kier alpha value is -2.34. The Morgan fingerprint density at radius 1 is 1.17 bits per heavy atom. The fourth-order valence-electron chi connectivity index (χ4n) is 2.61. The molecule has 0 radical (unpaired) electrons. The number of rotatable bonds is 4. The maximum Gasteiger partial charge on any atom is 0.422 e. The largest absolute Gasteiger partial charge is 0.491 e. The maximum atomic E-state index is 12.1. The van der Waals surface area contributed by atoms with Gasteiger partial charge in [-0.25, -0.2) is 9.59 Å². The predicted molar refractivity (Wildman–Crippen MR) is 95.9 cm³/mol. The summed E-state index contributed by atoms with van der Waals surface area (Å²) in [6, 6.07) is 11.2. The van der Waals surface area contributed by atoms with Gasteiger partial charge in [0, 0.05) is 4.47 Å². The number of nitrogens with zero attached hydrogens (tertiary/aromatic N) is 1. The zero-order chi connectivity index (χ0) is 17.3. The van der Waals surface area contributed by atoms with Gasteiger partial charge in [0.25, 0.3) is 0 Å². The molecule has 0 saturated carbocycles. The summed E-state index contributed by atoms with van der Waals surface area (Å²) in [6.45, 7) is 4.39. The molecule has 1 aromatic heterocycles. The lowest BCUT2D eigenvalue weighted by Gasteiger charge is -2.12. The second-order valence-corrected chi connectivity index (χ2v) is 6.42. The van der Waals surface area contributed by atoms with Crippen molar-refractivity contribution in [2.45, 2.75) is 20.4 Å². The van der Waals surface area contributed by atoms with Crippen molar-refractivity contribution in [3.8, 4) is 5.75 Å². The summed E-state index contributed by atoms with van der Waals surface area (Å²) in [5.74, 6) is 0.0765. The van der Waals surface area contributed by atoms with Crippen molar-refractivity contribution >= 4 is 26.8 Å². The van der Waals surface area contributed by atoms with Crippen LogP contribution in [0.25, 0.3) is 10.9 Å². The molecule has 1 heterocycles. The topological polar surface area (TPSA) is 61.4 Å². The van der Waals surface area contributed by atoms with Crippen molar-refractivity contribution in [2.75, 3.05) is 6.61 Å². The van der Waals surface area contributed by atoms with Crippen molar-refractivity contribution in [3.05, 3.63) is 73.0 Å². The van der Waals surface area contributed by atoms with Crippen LogP contribution in [0.1, 0.15) is 11.1 Å². The van der Waals surface area contributed by atoms with Crippen LogP contribution >= 0.6 is 15.9 Å². The molecule has 0 bridgehead atoms. The van der Waals surface area contributed by atoms with Gasteiger partial charge in [-0.2, -0.15) is 0 Å². The van der Waals surface area contributed by atoms with Crippen molar-refractivity contribution in [2.24, 2.45) is 0 Å². The van der Waals surface area contributed by atoms with Crippen LogP contribution in [0, 0.1) is 13.8 Å². The second-order valence-electron chi connectivity index (χ2n) is 5.56. The van der Waals surface area contributed by atoms with E-state index in [-0.39, 0.29) is 13.2 Å². The number of halogens is 1. The number of aromatic nitrogens is 1. The smallest absolute Gasteiger partial charge is 0.422 e. The predicted octanol–water partition coefficient (Wildman–Crippen LogP) is 3.41. The fraction of sp³-hybridized carbons (Fsp3) is 0.222. The molecule has 0 fully saturated rings. The van der Waals surface area contributed by atoms with Crippen LogP contribution < -0.4 is 16.1 Å². The molecule has 0 amide bonds. The van der Waals surface area contributed by atoms with Gasteiger partial charge >= 0.3 is 11.4 Å². The van der Waals surface area contributed by atoms with E-state index in [2.05, 4.69) is 15.9 Å². The zero-order valence-electron chi connectivity index (χ0n) is 13.3. The molecule has 0 atom stereocenters. The van der Waals surface area contributed by atoms with Crippen LogP contribution in [-0.4, -0.2) is 11.2 Å². The third-order valence-corrected chi connectivity index (χ3v) is 4.37. The molecule has 0 aliphatic rings. The number of aryl methyl sites for hydroxylation is 2. The van der Waals surface area contributed by atoms with Crippen molar-refractivity contribution in [3.63, 3.8) is 0 Å². The number of ether oxygens (including phenoxy) is 1. The van der Waals surface area contributed by atoms with E-state index in [4.69, 9.17) is 9.15 Å². The first-order valence-electron chi connectivity index (χ1n) is 7.49. The van der Waals surface area contributed by atoms with Gasteiger partial charge in [0.1, 0.15) is 12.4 Å². The van der Waals surface area contributed by atoms with E-state index >= 15 is 0 Å². The molecule has 0 spiro atoms. The molecule has 5 nitrogen and oxygen atoms in total. The molecule has 3 aromatic rings. The summed E-state index contributed by atoms with van der Waals surface area (Å²) in [5.41, 5.74) is 1.82. The number of fused-ring (bicyclic) bond motifs is 1. The number of hydrogen-bond acceptors (Lipinski definition) is 4. The lowest BCUT2D eigenvalue weighted by molar-refractivity contribution is 0.285. The van der Waals surface area contributed by atoms with Crippen molar-refractivity contribution in [1.29, 1.82) is 0 Å². The van der Waals surface area contributed by atoms with Gasteiger partial charge in [-0.15, -0.1) is 0 Å². The van der Waals surface area contributed by atoms with Crippen LogP contribution in [0.2, 0.25) is 0 Å². The summed E-state index contributed by atoms with van der Waals surface area (Å²) >= 11 is 3.43. The van der Waals surface area contributed by atoms with Crippen LogP contribution in [0.3, 0.4) is 0 Å². The molecule has 24 heavy (non-hydrogen) atoms. The standard InChI is InChI=1S/C18H16BrNO4/c1-11-9-13-16(14(19)10-11)20(18(22)24-17(13)21)7-8-23-15-6-4-3-5-12(15)2/h3-6,9-10H,7-8H2,1-2H3. The minimum atomic E-state index is -0.689. The molecular formula is C18H16BrNO4. The molecule has 0 saturated heterocycles. The highest BCUT2D eigenvalue weighted by Gasteiger charge is 2.13. The highest BCUT2D eigenvalue weighted by atomic mass is 79.9. The van der Waals surface area contributed by atoms with E-state index in [0.29, 0.717) is 15.4 Å². The van der Waals surface area contributed by atoms with Crippen molar-refractivity contribution in [1.82, 2.24) is 4.57 Å². The Morgan fingerprint density at radius 3 is 2.67 bits per heavy atom. The minimum Gasteiger partial charge on any atom is -0.491 e. The van der Waals surface area contributed by atoms with Crippen molar-refractivity contribution < 1.29 is 9.15 Å². The normalized spacial score (nSPS) is 11.0. The van der Waals surface area contributed by atoms with Gasteiger partial charge in [-0.3, -0.25) is 4.57 Å². The van der Waals surface area contributed by atoms with E-state index in [1.54, 1.807) is 6.07 Å². The van der Waals surface area contributed by atoms with Gasteiger partial charge in [0.2, 0.25) is 0 Å². The summed E-state index contributed by atoms with van der Waals surface area (Å²) in [6.07, 6.45) is 0. The highest BCUT2D eigenvalue weighted by molar-refractivity contribution is 9.10. The molecule has 0 aliphatic carbocycles. The van der Waals surface area contributed by atoms with Crippen LogP contribution in [-0.2, 0) is 6.54 Å². The first-order valence-corrected chi connectivity index (χ1v) is 8.29. The second kappa shape index (κ2) is 6.65. The van der Waals surface area contributed by atoms with Crippen LogP contribution in [0.15, 0.2) is 54.9 Å². The third kappa shape index (κ3) is 3.14. The monoisotopic (exact) mass is 389 g/mol. The van der Waals surface area contributed by atoms with E-state index in [1.807, 2.05) is 44.2 Å². The lowest BCUT2D eigenvalue weighted by Crippen LogP contribution is -2.27. The molecular weight excluding hydrogens is 374 g/mol. The van der Waals surface area contributed by atoms with Gasteiger partial charge in [-0.05, 0) is 59.1 Å². The van der Waals surface area contributed by atoms with Gasteiger partial charge in [0.05, 0.1) is 17.4 Å². The van der Waals surface area contributed by atoms with Gasteiger partial charge in [-0.1, -0.05) is 18.2 Å². The molecule has 3 rings (SSSR count). The molecule has 0 N–H and O–H groups in total. The molecule has 124 valence electrons. The first kappa shape index (κ1) is 16.5. The van der Waals surface area contributed by atoms with E-state index in [1.165, 1.54) is 4.57 Å². The SMILES string of the molecule is Cc1cc(Br)c2c(c1)c(=O)oc(=O)n2CCOc1ccccc1C. The fourth-order valence-corrected chi connectivity index (χ4v) is 3.40. The number of benzene rings is 2. The highest BCUT2D eigenvalue weighted by Crippen LogP contribution is 2.23. The molecule has 0 aliphatic heterocycles. The Labute approximate surface area is 146 Å². The summed E-state index contributed by atoms with van der Waals surface area (Å²) in [7, 11) is 0. The summed E-state index contributed by atoms with van der Waals surface area (Å²) in [5, 5.41) is 0.373. The summed E-state index contributed by atoms with van der Waals surface area (Å²) in [4.78, 5) is 24.1. The Kier molecular flexibility index (Phi) is 4.57. The number of hydrogen-bond donors (Lipinski definition) is 0.